The van der Waals surface area contributed by atoms with Crippen molar-refractivity contribution in [2.24, 2.45) is 0 Å². The molecule has 2 aromatic rings. The molecule has 0 aromatic heterocycles. The van der Waals surface area contributed by atoms with Crippen LogP contribution in [0.4, 0.5) is 5.69 Å². The Labute approximate surface area is 180 Å². The molecule has 5 nitrogen and oxygen atoms in total. The molecule has 1 fully saturated rings. The normalized spacial score (nSPS) is 17.6. The molecule has 9 heteroatoms. The van der Waals surface area contributed by atoms with Gasteiger partial charge in [0.2, 0.25) is 0 Å². The number of fused-ring (bicyclic) bond motifs is 1. The van der Waals surface area contributed by atoms with Gasteiger partial charge >= 0.3 is 0 Å². The van der Waals surface area contributed by atoms with Gasteiger partial charge in [0.05, 0.1) is 27.2 Å². The van der Waals surface area contributed by atoms with Crippen LogP contribution >= 0.6 is 47.2 Å². The van der Waals surface area contributed by atoms with Crippen LogP contribution in [0.15, 0.2) is 41.3 Å². The van der Waals surface area contributed by atoms with Crippen LogP contribution in [-0.4, -0.2) is 22.7 Å². The highest BCUT2D eigenvalue weighted by Gasteiger charge is 2.27. The fourth-order valence-corrected chi connectivity index (χ4v) is 4.24. The number of halogens is 2. The predicted octanol–water partition coefficient (Wildman–Crippen LogP) is 4.41. The van der Waals surface area contributed by atoms with Crippen molar-refractivity contribution in [2.45, 2.75) is 6.54 Å². The zero-order valence-corrected chi connectivity index (χ0v) is 17.3. The smallest absolute Gasteiger partial charge is 0.265 e. The minimum absolute atomic E-state index is 0.0404. The Hall–Kier alpha value is -2.06. The molecule has 4 rings (SSSR count). The molecule has 142 valence electrons. The van der Waals surface area contributed by atoms with Gasteiger partial charge in [-0.05, 0) is 41.5 Å². The van der Waals surface area contributed by atoms with Gasteiger partial charge in [0, 0.05) is 0 Å². The van der Waals surface area contributed by atoms with Gasteiger partial charge in [-0.3, -0.25) is 9.59 Å². The summed E-state index contributed by atoms with van der Waals surface area (Å²) in [5, 5.41) is 3.47. The van der Waals surface area contributed by atoms with E-state index in [4.69, 9.17) is 40.2 Å². The Morgan fingerprint density at radius 3 is 2.71 bits per heavy atom. The largest absolute Gasteiger partial charge is 0.482 e. The average molecular weight is 451 g/mol. The molecule has 0 atom stereocenters. The van der Waals surface area contributed by atoms with Crippen LogP contribution in [0.1, 0.15) is 11.1 Å². The third-order valence-electron chi connectivity index (χ3n) is 4.19. The number of amides is 2. The van der Waals surface area contributed by atoms with E-state index in [2.05, 4.69) is 5.32 Å². The lowest BCUT2D eigenvalue weighted by Gasteiger charge is -2.30. The number of rotatable bonds is 3. The van der Waals surface area contributed by atoms with Crippen LogP contribution in [-0.2, 0) is 16.1 Å². The second kappa shape index (κ2) is 7.75. The molecular formula is C19H12Cl2N2O3S2. The lowest BCUT2D eigenvalue weighted by Crippen LogP contribution is -2.38. The second-order valence-corrected chi connectivity index (χ2v) is 8.63. The topological polar surface area (TPSA) is 58.6 Å². The third-order valence-corrected chi connectivity index (χ3v) is 6.09. The fraction of sp³-hybridized carbons (Fsp3) is 0.105. The zero-order valence-electron chi connectivity index (χ0n) is 14.2. The average Bonchev–Trinajstić information content (AvgIpc) is 2.97. The van der Waals surface area contributed by atoms with Gasteiger partial charge in [-0.1, -0.05) is 59.3 Å². The van der Waals surface area contributed by atoms with Crippen molar-refractivity contribution < 1.29 is 14.3 Å². The van der Waals surface area contributed by atoms with Gasteiger partial charge in [0.25, 0.3) is 11.8 Å². The highest BCUT2D eigenvalue weighted by atomic mass is 35.5. The van der Waals surface area contributed by atoms with E-state index in [0.717, 1.165) is 11.1 Å². The summed E-state index contributed by atoms with van der Waals surface area (Å²) >= 11 is 18.3. The molecule has 2 aliphatic rings. The molecule has 1 N–H and O–H groups in total. The van der Waals surface area contributed by atoms with Crippen molar-refractivity contribution in [1.82, 2.24) is 5.32 Å². The molecule has 0 unspecified atom stereocenters. The van der Waals surface area contributed by atoms with Crippen molar-refractivity contribution in [3.63, 3.8) is 0 Å². The number of benzene rings is 2. The van der Waals surface area contributed by atoms with E-state index < -0.39 is 0 Å². The summed E-state index contributed by atoms with van der Waals surface area (Å²) in [4.78, 5) is 26.5. The van der Waals surface area contributed by atoms with E-state index in [9.17, 15) is 9.59 Å². The van der Waals surface area contributed by atoms with Crippen LogP contribution in [0.5, 0.6) is 5.75 Å². The van der Waals surface area contributed by atoms with E-state index in [-0.39, 0.29) is 18.4 Å². The number of nitrogens with one attached hydrogen (secondary N) is 1. The molecule has 0 spiro atoms. The van der Waals surface area contributed by atoms with E-state index in [1.807, 2.05) is 18.2 Å². The van der Waals surface area contributed by atoms with Crippen LogP contribution in [0.2, 0.25) is 10.0 Å². The SMILES string of the molecule is O=C1NC(=S)SC1=Cc1ccc2c(c1)N(Cc1ccc(Cl)c(Cl)c1)C(=O)CO2. The number of thioether (sulfide) groups is 1. The summed E-state index contributed by atoms with van der Waals surface area (Å²) in [6.45, 7) is 0.284. The molecule has 2 amide bonds. The molecule has 2 aromatic carbocycles. The number of hydrogen-bond donors (Lipinski definition) is 1. The molecule has 0 bridgehead atoms. The lowest BCUT2D eigenvalue weighted by atomic mass is 10.1. The number of carbonyl (C=O) groups is 2. The Morgan fingerprint density at radius 1 is 1.18 bits per heavy atom. The summed E-state index contributed by atoms with van der Waals surface area (Å²) in [6.07, 6.45) is 1.73. The Bertz CT molecular complexity index is 1060. The predicted molar refractivity (Wildman–Crippen MR) is 116 cm³/mol. The molecule has 2 heterocycles. The third kappa shape index (κ3) is 3.89. The highest BCUT2D eigenvalue weighted by molar-refractivity contribution is 8.26. The fourth-order valence-electron chi connectivity index (χ4n) is 2.88. The minimum atomic E-state index is -0.229. The summed E-state index contributed by atoms with van der Waals surface area (Å²) in [6, 6.07) is 10.7. The molecular weight excluding hydrogens is 439 g/mol. The molecule has 1 saturated heterocycles. The first kappa shape index (κ1) is 19.3. The molecule has 28 heavy (non-hydrogen) atoms. The molecule has 0 saturated carbocycles. The zero-order chi connectivity index (χ0) is 19.8. The maximum atomic E-state index is 12.5. The van der Waals surface area contributed by atoms with Crippen LogP contribution < -0.4 is 15.0 Å². The second-order valence-electron chi connectivity index (χ2n) is 6.10. The first-order chi connectivity index (χ1) is 13.4. The van der Waals surface area contributed by atoms with E-state index in [1.54, 1.807) is 29.2 Å². The lowest BCUT2D eigenvalue weighted by molar-refractivity contribution is -0.121. The van der Waals surface area contributed by atoms with Gasteiger partial charge in [0.1, 0.15) is 10.1 Å². The van der Waals surface area contributed by atoms with Crippen molar-refractivity contribution in [1.29, 1.82) is 0 Å². The molecule has 2 aliphatic heterocycles. The number of hydrogen-bond acceptors (Lipinski definition) is 5. The van der Waals surface area contributed by atoms with E-state index >= 15 is 0 Å². The maximum Gasteiger partial charge on any atom is 0.265 e. The first-order valence-corrected chi connectivity index (χ1v) is 10.1. The van der Waals surface area contributed by atoms with E-state index in [0.29, 0.717) is 37.3 Å². The quantitative estimate of drug-likeness (QED) is 0.554. The van der Waals surface area contributed by atoms with Crippen molar-refractivity contribution in [2.75, 3.05) is 11.5 Å². The number of ether oxygens (including phenoxy) is 1. The number of anilines is 1. The van der Waals surface area contributed by atoms with Crippen molar-refractivity contribution >= 4 is 75.1 Å². The van der Waals surface area contributed by atoms with Gasteiger partial charge in [-0.2, -0.15) is 0 Å². The number of thiocarbonyl (C=S) groups is 1. The Balaban J connectivity index is 1.68. The molecule has 0 aliphatic carbocycles. The van der Waals surface area contributed by atoms with Crippen LogP contribution in [0, 0.1) is 0 Å². The summed E-state index contributed by atoms with van der Waals surface area (Å²) in [5.74, 6) is 0.200. The van der Waals surface area contributed by atoms with Gasteiger partial charge in [0.15, 0.2) is 6.61 Å². The van der Waals surface area contributed by atoms with Crippen LogP contribution in [0.25, 0.3) is 6.08 Å². The standard InChI is InChI=1S/C19H12Cl2N2O3S2/c20-12-3-1-11(5-13(12)21)8-23-14-6-10(2-4-15(14)26-9-17(23)24)7-16-18(25)22-19(27)28-16/h1-7H,8-9H2,(H,22,25,27). The van der Waals surface area contributed by atoms with Gasteiger partial charge in [-0.25, -0.2) is 0 Å². The monoisotopic (exact) mass is 450 g/mol. The summed E-state index contributed by atoms with van der Waals surface area (Å²) < 4.78 is 5.97. The maximum absolute atomic E-state index is 12.5. The van der Waals surface area contributed by atoms with Gasteiger partial charge < -0.3 is 15.0 Å². The van der Waals surface area contributed by atoms with Crippen molar-refractivity contribution in [3.05, 3.63) is 62.5 Å². The van der Waals surface area contributed by atoms with E-state index in [1.165, 1.54) is 11.8 Å². The first-order valence-electron chi connectivity index (χ1n) is 8.17. The minimum Gasteiger partial charge on any atom is -0.482 e. The Kier molecular flexibility index (Phi) is 5.33. The van der Waals surface area contributed by atoms with Crippen molar-refractivity contribution in [3.8, 4) is 5.75 Å². The number of nitrogens with zero attached hydrogens (tertiary/aromatic N) is 1. The summed E-state index contributed by atoms with van der Waals surface area (Å²) in [5.41, 5.74) is 2.23. The highest BCUT2D eigenvalue weighted by Crippen LogP contribution is 2.36. The summed E-state index contributed by atoms with van der Waals surface area (Å²) in [7, 11) is 0. The molecule has 0 radical (unpaired) electrons. The van der Waals surface area contributed by atoms with Crippen LogP contribution in [0.3, 0.4) is 0 Å². The number of carbonyl (C=O) groups excluding carboxylic acids is 2. The van der Waals surface area contributed by atoms with Gasteiger partial charge in [-0.15, -0.1) is 0 Å². The Morgan fingerprint density at radius 2 is 2.00 bits per heavy atom.